The molecule has 11 heteroatoms. The first-order valence-corrected chi connectivity index (χ1v) is 8.53. The Morgan fingerprint density at radius 1 is 1.29 bits per heavy atom. The highest BCUT2D eigenvalue weighted by molar-refractivity contribution is 5.94. The van der Waals surface area contributed by atoms with Crippen LogP contribution in [-0.2, 0) is 30.3 Å². The van der Waals surface area contributed by atoms with Crippen molar-refractivity contribution < 1.29 is 29.1 Å². The van der Waals surface area contributed by atoms with Gasteiger partial charge in [0.05, 0.1) is 13.4 Å². The molecule has 0 aliphatic carbocycles. The second kappa shape index (κ2) is 11.5. The highest BCUT2D eigenvalue weighted by Crippen LogP contribution is 2.06. The summed E-state index contributed by atoms with van der Waals surface area (Å²) in [4.78, 5) is 54.3. The van der Waals surface area contributed by atoms with Crippen LogP contribution in [0.25, 0.3) is 0 Å². The third kappa shape index (κ3) is 7.58. The van der Waals surface area contributed by atoms with Gasteiger partial charge in [0.2, 0.25) is 17.7 Å². The Morgan fingerprint density at radius 2 is 2.00 bits per heavy atom. The summed E-state index contributed by atoms with van der Waals surface area (Å²) >= 11 is 0. The molecule has 0 radical (unpaired) electrons. The maximum absolute atomic E-state index is 12.7. The van der Waals surface area contributed by atoms with E-state index in [1.165, 1.54) is 31.2 Å². The number of rotatable bonds is 10. The lowest BCUT2D eigenvalue weighted by molar-refractivity contribution is -0.146. The first-order chi connectivity index (χ1) is 13.3. The van der Waals surface area contributed by atoms with Gasteiger partial charge in [-0.25, -0.2) is 15.3 Å². The number of imidazole rings is 1. The number of ether oxygens (including phenoxy) is 1. The second-order valence-corrected chi connectivity index (χ2v) is 6.24. The standard InChI is InChI=1S/C17H25N5O6/c1-10(2)15(17(26)28-3)21-16(25)12(7-11-8-18-9-19-11)20-13(23)5-4-6-14(24)22-27/h4-5,8-10,12,15,27H,6-7H2,1-3H3,(H,18,19)(H,20,23)(H,21,25)(H,22,24)/b5-4+. The number of aromatic amines is 1. The van der Waals surface area contributed by atoms with Gasteiger partial charge in [-0.05, 0) is 12.0 Å². The Labute approximate surface area is 161 Å². The van der Waals surface area contributed by atoms with Crippen LogP contribution in [0.3, 0.4) is 0 Å². The lowest BCUT2D eigenvalue weighted by Crippen LogP contribution is -2.54. The number of H-pyrrole nitrogens is 1. The molecule has 3 amide bonds. The number of aromatic nitrogens is 2. The Morgan fingerprint density at radius 3 is 2.54 bits per heavy atom. The average molecular weight is 395 g/mol. The van der Waals surface area contributed by atoms with E-state index in [-0.39, 0.29) is 18.8 Å². The van der Waals surface area contributed by atoms with Crippen molar-refractivity contribution in [2.75, 3.05) is 7.11 Å². The van der Waals surface area contributed by atoms with Crippen LogP contribution in [0.4, 0.5) is 0 Å². The Hall–Kier alpha value is -3.21. The molecule has 0 spiro atoms. The number of hydroxylamine groups is 1. The van der Waals surface area contributed by atoms with Crippen LogP contribution in [0.15, 0.2) is 24.7 Å². The Bertz CT molecular complexity index is 701. The summed E-state index contributed by atoms with van der Waals surface area (Å²) < 4.78 is 4.70. The summed E-state index contributed by atoms with van der Waals surface area (Å²) in [7, 11) is 1.22. The van der Waals surface area contributed by atoms with Crippen molar-refractivity contribution in [3.8, 4) is 0 Å². The largest absolute Gasteiger partial charge is 0.467 e. The monoisotopic (exact) mass is 395 g/mol. The number of methoxy groups -OCH3 is 1. The lowest BCUT2D eigenvalue weighted by Gasteiger charge is -2.23. The normalized spacial score (nSPS) is 13.0. The van der Waals surface area contributed by atoms with Gasteiger partial charge in [-0.2, -0.15) is 0 Å². The van der Waals surface area contributed by atoms with Gasteiger partial charge in [0.25, 0.3) is 0 Å². The predicted molar refractivity (Wildman–Crippen MR) is 96.7 cm³/mol. The van der Waals surface area contributed by atoms with Crippen molar-refractivity contribution in [2.45, 2.75) is 38.8 Å². The molecule has 0 bridgehead atoms. The van der Waals surface area contributed by atoms with Crippen LogP contribution in [0.5, 0.6) is 0 Å². The number of nitrogens with one attached hydrogen (secondary N) is 4. The van der Waals surface area contributed by atoms with Crippen LogP contribution in [-0.4, -0.2) is 58.1 Å². The molecule has 1 aromatic heterocycles. The summed E-state index contributed by atoms with van der Waals surface area (Å²) in [5.41, 5.74) is 2.04. The molecule has 154 valence electrons. The highest BCUT2D eigenvalue weighted by Gasteiger charge is 2.29. The highest BCUT2D eigenvalue weighted by atomic mass is 16.5. The minimum absolute atomic E-state index is 0.106. The average Bonchev–Trinajstić information content (AvgIpc) is 3.17. The Balaban J connectivity index is 2.86. The van der Waals surface area contributed by atoms with Crippen LogP contribution in [0.1, 0.15) is 26.0 Å². The molecule has 28 heavy (non-hydrogen) atoms. The van der Waals surface area contributed by atoms with Gasteiger partial charge in [-0.15, -0.1) is 0 Å². The molecular weight excluding hydrogens is 370 g/mol. The summed E-state index contributed by atoms with van der Waals surface area (Å²) in [6, 6.07) is -1.88. The summed E-state index contributed by atoms with van der Waals surface area (Å²) in [5.74, 6) is -2.70. The van der Waals surface area contributed by atoms with Crippen LogP contribution in [0.2, 0.25) is 0 Å². The molecule has 0 aromatic carbocycles. The number of hydrogen-bond donors (Lipinski definition) is 5. The van der Waals surface area contributed by atoms with E-state index < -0.39 is 35.8 Å². The quantitative estimate of drug-likeness (QED) is 0.150. The van der Waals surface area contributed by atoms with E-state index in [0.29, 0.717) is 5.69 Å². The molecule has 1 aromatic rings. The molecule has 5 N–H and O–H groups in total. The SMILES string of the molecule is COC(=O)C(NC(=O)C(Cc1cnc[nH]1)NC(=O)/C=C/CC(=O)NO)C(C)C. The minimum atomic E-state index is -1.00. The third-order valence-electron chi connectivity index (χ3n) is 3.73. The smallest absolute Gasteiger partial charge is 0.328 e. The first kappa shape index (κ1) is 22.8. The van der Waals surface area contributed by atoms with Crippen molar-refractivity contribution in [2.24, 2.45) is 5.92 Å². The molecule has 2 unspecified atom stereocenters. The topological polar surface area (TPSA) is 163 Å². The second-order valence-electron chi connectivity index (χ2n) is 6.24. The van der Waals surface area contributed by atoms with Crippen molar-refractivity contribution in [1.82, 2.24) is 26.1 Å². The number of carbonyl (C=O) groups excluding carboxylic acids is 4. The number of amides is 3. The fraction of sp³-hybridized carbons (Fsp3) is 0.471. The molecule has 2 atom stereocenters. The van der Waals surface area contributed by atoms with Crippen LogP contribution < -0.4 is 16.1 Å². The van der Waals surface area contributed by atoms with E-state index in [0.717, 1.165) is 6.08 Å². The summed E-state index contributed by atoms with van der Waals surface area (Å²) in [5, 5.41) is 13.5. The van der Waals surface area contributed by atoms with E-state index >= 15 is 0 Å². The van der Waals surface area contributed by atoms with Crippen molar-refractivity contribution >= 4 is 23.7 Å². The zero-order valence-corrected chi connectivity index (χ0v) is 15.9. The first-order valence-electron chi connectivity index (χ1n) is 8.53. The summed E-state index contributed by atoms with van der Waals surface area (Å²) in [6.07, 6.45) is 5.15. The van der Waals surface area contributed by atoms with E-state index in [2.05, 4.69) is 20.6 Å². The van der Waals surface area contributed by atoms with Crippen molar-refractivity contribution in [1.29, 1.82) is 0 Å². The van der Waals surface area contributed by atoms with E-state index in [1.54, 1.807) is 13.8 Å². The van der Waals surface area contributed by atoms with E-state index in [4.69, 9.17) is 9.94 Å². The van der Waals surface area contributed by atoms with Gasteiger partial charge in [0.1, 0.15) is 12.1 Å². The number of carbonyl (C=O) groups is 4. The van der Waals surface area contributed by atoms with Gasteiger partial charge >= 0.3 is 5.97 Å². The number of hydrogen-bond acceptors (Lipinski definition) is 7. The van der Waals surface area contributed by atoms with Crippen LogP contribution in [0, 0.1) is 5.92 Å². The van der Waals surface area contributed by atoms with Gasteiger partial charge in [0.15, 0.2) is 0 Å². The van der Waals surface area contributed by atoms with Crippen molar-refractivity contribution in [3.63, 3.8) is 0 Å². The zero-order valence-electron chi connectivity index (χ0n) is 15.9. The van der Waals surface area contributed by atoms with Gasteiger partial charge in [-0.1, -0.05) is 19.9 Å². The maximum Gasteiger partial charge on any atom is 0.328 e. The zero-order chi connectivity index (χ0) is 21.1. The van der Waals surface area contributed by atoms with Crippen molar-refractivity contribution in [3.05, 3.63) is 30.4 Å². The van der Waals surface area contributed by atoms with Gasteiger partial charge in [-0.3, -0.25) is 19.6 Å². The minimum Gasteiger partial charge on any atom is -0.467 e. The van der Waals surface area contributed by atoms with E-state index in [1.807, 2.05) is 0 Å². The molecule has 1 heterocycles. The molecule has 0 fully saturated rings. The van der Waals surface area contributed by atoms with Gasteiger partial charge < -0.3 is 20.4 Å². The molecule has 0 aliphatic rings. The lowest BCUT2D eigenvalue weighted by atomic mass is 10.0. The third-order valence-corrected chi connectivity index (χ3v) is 3.73. The summed E-state index contributed by atoms with van der Waals surface area (Å²) in [6.45, 7) is 3.50. The van der Waals surface area contributed by atoms with Gasteiger partial charge in [0, 0.05) is 24.7 Å². The molecular formula is C17H25N5O6. The molecule has 11 nitrogen and oxygen atoms in total. The molecule has 0 saturated heterocycles. The molecule has 0 saturated carbocycles. The predicted octanol–water partition coefficient (Wildman–Crippen LogP) is -0.797. The van der Waals surface area contributed by atoms with E-state index in [9.17, 15) is 19.2 Å². The number of esters is 1. The maximum atomic E-state index is 12.7. The fourth-order valence-electron chi connectivity index (χ4n) is 2.24. The number of nitrogens with zero attached hydrogens (tertiary/aromatic N) is 1. The van der Waals surface area contributed by atoms with Crippen LogP contribution >= 0.6 is 0 Å². The molecule has 1 rings (SSSR count). The molecule has 0 aliphatic heterocycles. The Kier molecular flexibility index (Phi) is 9.37. The fourth-order valence-corrected chi connectivity index (χ4v) is 2.24.